The molecule has 0 aliphatic carbocycles. The zero-order valence-electron chi connectivity index (χ0n) is 17.3. The Morgan fingerprint density at radius 1 is 0.900 bits per heavy atom. The third-order valence-corrected chi connectivity index (χ3v) is 6.92. The van der Waals surface area contributed by atoms with Gasteiger partial charge in [0.05, 0.1) is 37.5 Å². The largest absolute Gasteiger partial charge is 0.497 e. The fourth-order valence-electron chi connectivity index (χ4n) is 3.38. The van der Waals surface area contributed by atoms with Crippen molar-refractivity contribution in [1.82, 2.24) is 4.31 Å². The van der Waals surface area contributed by atoms with Gasteiger partial charge in [0.1, 0.15) is 17.2 Å². The molecule has 1 amide bonds. The number of nitrogens with one attached hydrogen (secondary N) is 1. The van der Waals surface area contributed by atoms with Crippen LogP contribution in [0.4, 0.5) is 5.69 Å². The molecule has 0 spiro atoms. The van der Waals surface area contributed by atoms with Crippen LogP contribution in [-0.4, -0.2) is 53.0 Å². The third-order valence-electron chi connectivity index (χ3n) is 5.02. The number of benzene rings is 2. The van der Waals surface area contributed by atoms with Crippen molar-refractivity contribution in [2.24, 2.45) is 0 Å². The lowest BCUT2D eigenvalue weighted by Gasteiger charge is -2.26. The van der Waals surface area contributed by atoms with Gasteiger partial charge in [-0.15, -0.1) is 0 Å². The fourth-order valence-corrected chi connectivity index (χ4v) is 4.92. The zero-order valence-corrected chi connectivity index (χ0v) is 18.1. The molecule has 3 rings (SSSR count). The van der Waals surface area contributed by atoms with Crippen LogP contribution in [0.15, 0.2) is 41.3 Å². The Bertz CT molecular complexity index is 1020. The SMILES string of the molecule is COc1ccc(OC)c(C(=O)Nc2cc(S(=O)(=O)N3CCCCC3)ccc2OC)c1. The van der Waals surface area contributed by atoms with Crippen LogP contribution in [0.1, 0.15) is 29.6 Å². The minimum atomic E-state index is -3.65. The smallest absolute Gasteiger partial charge is 0.259 e. The first-order valence-electron chi connectivity index (χ1n) is 9.62. The Morgan fingerprint density at radius 3 is 2.20 bits per heavy atom. The summed E-state index contributed by atoms with van der Waals surface area (Å²) in [5.41, 5.74) is 0.508. The van der Waals surface area contributed by atoms with E-state index in [2.05, 4.69) is 5.32 Å². The van der Waals surface area contributed by atoms with Crippen LogP contribution in [0.25, 0.3) is 0 Å². The van der Waals surface area contributed by atoms with Gasteiger partial charge in [0, 0.05) is 13.1 Å². The van der Waals surface area contributed by atoms with Crippen LogP contribution in [0, 0.1) is 0 Å². The summed E-state index contributed by atoms with van der Waals surface area (Å²) in [6.45, 7) is 0.994. The van der Waals surface area contributed by atoms with Gasteiger partial charge in [-0.3, -0.25) is 4.79 Å². The maximum absolute atomic E-state index is 13.0. The van der Waals surface area contributed by atoms with E-state index in [9.17, 15) is 13.2 Å². The van der Waals surface area contributed by atoms with E-state index in [1.165, 1.54) is 43.8 Å². The van der Waals surface area contributed by atoms with E-state index in [4.69, 9.17) is 14.2 Å². The van der Waals surface area contributed by atoms with Crippen molar-refractivity contribution in [3.8, 4) is 17.2 Å². The molecule has 30 heavy (non-hydrogen) atoms. The van der Waals surface area contributed by atoms with Crippen molar-refractivity contribution in [3.63, 3.8) is 0 Å². The molecular weight excluding hydrogens is 408 g/mol. The predicted octanol–water partition coefficient (Wildman–Crippen LogP) is 3.14. The number of rotatable bonds is 7. The van der Waals surface area contributed by atoms with Crippen molar-refractivity contribution < 1.29 is 27.4 Å². The molecule has 1 N–H and O–H groups in total. The number of piperidine rings is 1. The molecule has 2 aromatic rings. The Balaban J connectivity index is 1.94. The molecule has 1 saturated heterocycles. The Hall–Kier alpha value is -2.78. The second-order valence-corrected chi connectivity index (χ2v) is 8.79. The van der Waals surface area contributed by atoms with Gasteiger partial charge in [0.2, 0.25) is 10.0 Å². The number of carbonyl (C=O) groups excluding carboxylic acids is 1. The number of amides is 1. The number of sulfonamides is 1. The monoisotopic (exact) mass is 434 g/mol. The fraction of sp³-hybridized carbons (Fsp3) is 0.381. The van der Waals surface area contributed by atoms with E-state index in [0.29, 0.717) is 30.3 Å². The van der Waals surface area contributed by atoms with E-state index in [-0.39, 0.29) is 16.1 Å². The quantitative estimate of drug-likeness (QED) is 0.720. The van der Waals surface area contributed by atoms with Gasteiger partial charge < -0.3 is 19.5 Å². The highest BCUT2D eigenvalue weighted by molar-refractivity contribution is 7.89. The molecule has 1 fully saturated rings. The van der Waals surface area contributed by atoms with Crippen molar-refractivity contribution in [2.45, 2.75) is 24.2 Å². The van der Waals surface area contributed by atoms with E-state index in [0.717, 1.165) is 19.3 Å². The Morgan fingerprint density at radius 2 is 1.57 bits per heavy atom. The average molecular weight is 435 g/mol. The summed E-state index contributed by atoms with van der Waals surface area (Å²) in [5, 5.41) is 2.74. The minimum absolute atomic E-state index is 0.109. The van der Waals surface area contributed by atoms with Gasteiger partial charge >= 0.3 is 0 Å². The van der Waals surface area contributed by atoms with E-state index < -0.39 is 15.9 Å². The van der Waals surface area contributed by atoms with E-state index >= 15 is 0 Å². The topological polar surface area (TPSA) is 94.2 Å². The summed E-state index contributed by atoms with van der Waals surface area (Å²) >= 11 is 0. The summed E-state index contributed by atoms with van der Waals surface area (Å²) < 4.78 is 43.3. The molecule has 2 aromatic carbocycles. The van der Waals surface area contributed by atoms with Gasteiger partial charge in [-0.1, -0.05) is 6.42 Å². The second kappa shape index (κ2) is 9.36. The van der Waals surface area contributed by atoms with Gasteiger partial charge in [-0.2, -0.15) is 4.31 Å². The molecule has 1 aliphatic heterocycles. The highest BCUT2D eigenvalue weighted by Crippen LogP contribution is 2.31. The van der Waals surface area contributed by atoms with Gasteiger partial charge in [-0.05, 0) is 49.2 Å². The van der Waals surface area contributed by atoms with Gasteiger partial charge in [0.15, 0.2) is 0 Å². The molecule has 1 heterocycles. The summed E-state index contributed by atoms with van der Waals surface area (Å²) in [6.07, 6.45) is 2.71. The highest BCUT2D eigenvalue weighted by Gasteiger charge is 2.27. The standard InChI is InChI=1S/C21H26N2O6S/c1-27-15-7-9-19(28-2)17(13-15)21(24)22-18-14-16(8-10-20(18)29-3)30(25,26)23-11-5-4-6-12-23/h7-10,13-14H,4-6,11-12H2,1-3H3,(H,22,24). The first kappa shape index (κ1) is 21.9. The molecule has 0 aromatic heterocycles. The number of ether oxygens (including phenoxy) is 3. The lowest BCUT2D eigenvalue weighted by molar-refractivity contribution is 0.102. The third kappa shape index (κ3) is 4.52. The van der Waals surface area contributed by atoms with Crippen LogP contribution in [-0.2, 0) is 10.0 Å². The first-order valence-corrected chi connectivity index (χ1v) is 11.1. The molecule has 0 atom stereocenters. The van der Waals surface area contributed by atoms with E-state index in [1.807, 2.05) is 0 Å². The number of hydrogen-bond acceptors (Lipinski definition) is 6. The van der Waals surface area contributed by atoms with Crippen LogP contribution in [0.2, 0.25) is 0 Å². The highest BCUT2D eigenvalue weighted by atomic mass is 32.2. The maximum atomic E-state index is 13.0. The van der Waals surface area contributed by atoms with Gasteiger partial charge in [-0.25, -0.2) is 8.42 Å². The molecule has 0 saturated carbocycles. The molecule has 0 unspecified atom stereocenters. The van der Waals surface area contributed by atoms with Crippen molar-refractivity contribution in [2.75, 3.05) is 39.7 Å². The summed E-state index contributed by atoms with van der Waals surface area (Å²) in [7, 11) is 0.767. The van der Waals surface area contributed by atoms with Crippen LogP contribution in [0.3, 0.4) is 0 Å². The predicted molar refractivity (Wildman–Crippen MR) is 113 cm³/mol. The van der Waals surface area contributed by atoms with Crippen LogP contribution >= 0.6 is 0 Å². The molecule has 162 valence electrons. The average Bonchev–Trinajstić information content (AvgIpc) is 2.79. The summed E-state index contributed by atoms with van der Waals surface area (Å²) in [4.78, 5) is 13.0. The van der Waals surface area contributed by atoms with E-state index in [1.54, 1.807) is 18.2 Å². The lowest BCUT2D eigenvalue weighted by Crippen LogP contribution is -2.35. The van der Waals surface area contributed by atoms with Crippen LogP contribution < -0.4 is 19.5 Å². The van der Waals surface area contributed by atoms with Crippen molar-refractivity contribution in [1.29, 1.82) is 0 Å². The lowest BCUT2D eigenvalue weighted by atomic mass is 10.1. The zero-order chi connectivity index (χ0) is 21.7. The number of nitrogens with zero attached hydrogens (tertiary/aromatic N) is 1. The number of carbonyl (C=O) groups is 1. The number of anilines is 1. The molecule has 8 nitrogen and oxygen atoms in total. The molecule has 0 radical (unpaired) electrons. The van der Waals surface area contributed by atoms with Gasteiger partial charge in [0.25, 0.3) is 5.91 Å². The molecule has 0 bridgehead atoms. The molecule has 1 aliphatic rings. The maximum Gasteiger partial charge on any atom is 0.259 e. The van der Waals surface area contributed by atoms with Crippen molar-refractivity contribution in [3.05, 3.63) is 42.0 Å². The Kier molecular flexibility index (Phi) is 6.84. The second-order valence-electron chi connectivity index (χ2n) is 6.85. The minimum Gasteiger partial charge on any atom is -0.497 e. The summed E-state index contributed by atoms with van der Waals surface area (Å²) in [6, 6.07) is 9.31. The summed E-state index contributed by atoms with van der Waals surface area (Å²) in [5.74, 6) is 0.734. The first-order chi connectivity index (χ1) is 14.4. The normalized spacial score (nSPS) is 14.8. The number of hydrogen-bond donors (Lipinski definition) is 1. The number of methoxy groups -OCH3 is 3. The van der Waals surface area contributed by atoms with Crippen LogP contribution in [0.5, 0.6) is 17.2 Å². The van der Waals surface area contributed by atoms with Crippen molar-refractivity contribution >= 4 is 21.6 Å². The molecule has 9 heteroatoms. The molecular formula is C21H26N2O6S. The Labute approximate surface area is 176 Å².